The Hall–Kier alpha value is -2.83. The molecule has 1 aromatic carbocycles. The molecule has 0 aliphatic carbocycles. The van der Waals surface area contributed by atoms with Gasteiger partial charge in [-0.3, -0.25) is 9.48 Å². The largest absolute Gasteiger partial charge is 0.465 e. The Morgan fingerprint density at radius 3 is 2.65 bits per heavy atom. The highest BCUT2D eigenvalue weighted by Crippen LogP contribution is 2.18. The number of rotatable bonds is 3. The summed E-state index contributed by atoms with van der Waals surface area (Å²) in [5.74, 6) is -0.974. The highest BCUT2D eigenvalue weighted by Gasteiger charge is 2.18. The van der Waals surface area contributed by atoms with Crippen LogP contribution in [0, 0.1) is 0 Å². The number of hydrogen-bond donors (Lipinski definition) is 2. The number of esters is 1. The molecule has 7 nitrogen and oxygen atoms in total. The second kappa shape index (κ2) is 5.43. The Kier molecular flexibility index (Phi) is 3.69. The zero-order valence-corrected chi connectivity index (χ0v) is 11.1. The highest BCUT2D eigenvalue weighted by molar-refractivity contribution is 6.09. The van der Waals surface area contributed by atoms with Gasteiger partial charge in [0.1, 0.15) is 5.69 Å². The molecular weight excluding hydrogens is 260 g/mol. The Balaban J connectivity index is 2.31. The van der Waals surface area contributed by atoms with E-state index < -0.39 is 11.9 Å². The first-order chi connectivity index (χ1) is 9.54. The number of para-hydroxylation sites is 1. The predicted molar refractivity (Wildman–Crippen MR) is 73.4 cm³/mol. The summed E-state index contributed by atoms with van der Waals surface area (Å²) < 4.78 is 6.03. The number of aryl methyl sites for hydroxylation is 1. The fourth-order valence-electron chi connectivity index (χ4n) is 1.79. The van der Waals surface area contributed by atoms with Crippen molar-refractivity contribution < 1.29 is 14.3 Å². The van der Waals surface area contributed by atoms with E-state index in [1.54, 1.807) is 31.3 Å². The zero-order valence-electron chi connectivity index (χ0n) is 11.1. The third-order valence-electron chi connectivity index (χ3n) is 2.76. The normalized spacial score (nSPS) is 10.1. The Labute approximate surface area is 115 Å². The van der Waals surface area contributed by atoms with Crippen LogP contribution in [0.15, 0.2) is 30.5 Å². The standard InChI is InChI=1S/C13H14N4O3/c1-17-11(9(14)7-15-17)12(18)16-10-6-4-3-5-8(10)13(19)20-2/h3-7H,14H2,1-2H3,(H,16,18). The molecule has 0 radical (unpaired) electrons. The van der Waals surface area contributed by atoms with Gasteiger partial charge >= 0.3 is 5.97 Å². The molecule has 0 bridgehead atoms. The van der Waals surface area contributed by atoms with Gasteiger partial charge in [0, 0.05) is 7.05 Å². The van der Waals surface area contributed by atoms with Crippen LogP contribution in [0.25, 0.3) is 0 Å². The molecule has 20 heavy (non-hydrogen) atoms. The molecule has 104 valence electrons. The summed E-state index contributed by atoms with van der Waals surface area (Å²) in [4.78, 5) is 23.8. The quantitative estimate of drug-likeness (QED) is 0.815. The summed E-state index contributed by atoms with van der Waals surface area (Å²) in [5, 5.41) is 6.52. The summed E-state index contributed by atoms with van der Waals surface area (Å²) >= 11 is 0. The van der Waals surface area contributed by atoms with E-state index in [0.717, 1.165) is 0 Å². The average Bonchev–Trinajstić information content (AvgIpc) is 2.78. The van der Waals surface area contributed by atoms with Crippen LogP contribution in [0.3, 0.4) is 0 Å². The van der Waals surface area contributed by atoms with Gasteiger partial charge in [-0.2, -0.15) is 5.10 Å². The molecule has 3 N–H and O–H groups in total. The van der Waals surface area contributed by atoms with Crippen molar-refractivity contribution in [2.75, 3.05) is 18.2 Å². The summed E-state index contributed by atoms with van der Waals surface area (Å²) in [6.07, 6.45) is 1.39. The lowest BCUT2D eigenvalue weighted by Gasteiger charge is -2.10. The summed E-state index contributed by atoms with van der Waals surface area (Å²) in [6, 6.07) is 6.56. The number of nitrogens with two attached hydrogens (primary N) is 1. The lowest BCUT2D eigenvalue weighted by Crippen LogP contribution is -2.19. The van der Waals surface area contributed by atoms with Crippen molar-refractivity contribution >= 4 is 23.3 Å². The first kappa shape index (κ1) is 13.6. The lowest BCUT2D eigenvalue weighted by molar-refractivity contribution is 0.0602. The number of anilines is 2. The van der Waals surface area contributed by atoms with Crippen LogP contribution in [-0.2, 0) is 11.8 Å². The van der Waals surface area contributed by atoms with E-state index >= 15 is 0 Å². The van der Waals surface area contributed by atoms with Crippen LogP contribution in [0.5, 0.6) is 0 Å². The molecule has 1 aromatic heterocycles. The molecule has 0 spiro atoms. The van der Waals surface area contributed by atoms with Gasteiger partial charge in [-0.25, -0.2) is 4.79 Å². The van der Waals surface area contributed by atoms with Gasteiger partial charge < -0.3 is 15.8 Å². The van der Waals surface area contributed by atoms with E-state index in [9.17, 15) is 9.59 Å². The maximum atomic E-state index is 12.2. The SMILES string of the molecule is COC(=O)c1ccccc1NC(=O)c1c(N)cnn1C. The minimum atomic E-state index is -0.529. The zero-order chi connectivity index (χ0) is 14.7. The molecule has 0 saturated heterocycles. The Morgan fingerprint density at radius 1 is 1.35 bits per heavy atom. The number of benzene rings is 1. The van der Waals surface area contributed by atoms with Gasteiger partial charge in [-0.1, -0.05) is 12.1 Å². The summed E-state index contributed by atoms with van der Waals surface area (Å²) in [7, 11) is 2.89. The molecule has 0 unspecified atom stereocenters. The minimum absolute atomic E-state index is 0.227. The van der Waals surface area contributed by atoms with E-state index in [-0.39, 0.29) is 16.9 Å². The number of hydrogen-bond acceptors (Lipinski definition) is 5. The molecule has 0 atom stereocenters. The Morgan fingerprint density at radius 2 is 2.05 bits per heavy atom. The molecule has 2 aromatic rings. The number of carbonyl (C=O) groups excluding carboxylic acids is 2. The summed E-state index contributed by atoms with van der Waals surface area (Å²) in [6.45, 7) is 0. The first-order valence-corrected chi connectivity index (χ1v) is 5.80. The van der Waals surface area contributed by atoms with Gasteiger partial charge in [-0.15, -0.1) is 0 Å². The van der Waals surface area contributed by atoms with Crippen LogP contribution in [-0.4, -0.2) is 28.8 Å². The van der Waals surface area contributed by atoms with E-state index in [1.165, 1.54) is 18.0 Å². The van der Waals surface area contributed by atoms with E-state index in [4.69, 9.17) is 5.73 Å². The fraction of sp³-hybridized carbons (Fsp3) is 0.154. The van der Waals surface area contributed by atoms with Crippen molar-refractivity contribution in [1.82, 2.24) is 9.78 Å². The van der Waals surface area contributed by atoms with Crippen LogP contribution >= 0.6 is 0 Å². The van der Waals surface area contributed by atoms with E-state index in [0.29, 0.717) is 5.69 Å². The molecule has 1 heterocycles. The molecule has 2 rings (SSSR count). The van der Waals surface area contributed by atoms with Gasteiger partial charge in [0.15, 0.2) is 0 Å². The molecule has 0 fully saturated rings. The number of nitrogens with zero attached hydrogens (tertiary/aromatic N) is 2. The van der Waals surface area contributed by atoms with Gasteiger partial charge in [0.2, 0.25) is 0 Å². The monoisotopic (exact) mass is 274 g/mol. The molecular formula is C13H14N4O3. The average molecular weight is 274 g/mol. The fourth-order valence-corrected chi connectivity index (χ4v) is 1.79. The number of aromatic nitrogens is 2. The molecule has 1 amide bonds. The summed E-state index contributed by atoms with van der Waals surface area (Å²) in [5.41, 5.74) is 6.79. The lowest BCUT2D eigenvalue weighted by atomic mass is 10.1. The van der Waals surface area contributed by atoms with Crippen molar-refractivity contribution in [3.05, 3.63) is 41.7 Å². The van der Waals surface area contributed by atoms with Crippen molar-refractivity contribution in [2.24, 2.45) is 7.05 Å². The molecule has 0 aliphatic heterocycles. The van der Waals surface area contributed by atoms with Crippen molar-refractivity contribution in [3.8, 4) is 0 Å². The second-order valence-electron chi connectivity index (χ2n) is 4.06. The van der Waals surface area contributed by atoms with Crippen LogP contribution in [0.1, 0.15) is 20.8 Å². The first-order valence-electron chi connectivity index (χ1n) is 5.80. The third kappa shape index (κ3) is 2.46. The highest BCUT2D eigenvalue weighted by atomic mass is 16.5. The number of nitrogen functional groups attached to an aromatic ring is 1. The smallest absolute Gasteiger partial charge is 0.339 e. The number of amides is 1. The van der Waals surface area contributed by atoms with E-state index in [2.05, 4.69) is 15.2 Å². The van der Waals surface area contributed by atoms with Crippen LogP contribution in [0.2, 0.25) is 0 Å². The topological polar surface area (TPSA) is 99.2 Å². The number of carbonyl (C=O) groups is 2. The molecule has 0 aliphatic rings. The van der Waals surface area contributed by atoms with Gasteiger partial charge in [0.05, 0.1) is 30.2 Å². The maximum absolute atomic E-state index is 12.2. The van der Waals surface area contributed by atoms with Gasteiger partial charge in [0.25, 0.3) is 5.91 Å². The molecule has 7 heteroatoms. The Bertz CT molecular complexity index is 644. The predicted octanol–water partition coefficient (Wildman–Crippen LogP) is 1.04. The number of methoxy groups -OCH3 is 1. The van der Waals surface area contributed by atoms with Crippen LogP contribution < -0.4 is 11.1 Å². The van der Waals surface area contributed by atoms with Crippen molar-refractivity contribution in [2.45, 2.75) is 0 Å². The van der Waals surface area contributed by atoms with Crippen molar-refractivity contribution in [1.29, 1.82) is 0 Å². The second-order valence-corrected chi connectivity index (χ2v) is 4.06. The van der Waals surface area contributed by atoms with E-state index in [1.807, 2.05) is 0 Å². The van der Waals surface area contributed by atoms with Crippen LogP contribution in [0.4, 0.5) is 11.4 Å². The van der Waals surface area contributed by atoms with Crippen molar-refractivity contribution in [3.63, 3.8) is 0 Å². The third-order valence-corrected chi connectivity index (χ3v) is 2.76. The minimum Gasteiger partial charge on any atom is -0.465 e. The number of ether oxygens (including phenoxy) is 1. The van der Waals surface area contributed by atoms with Gasteiger partial charge in [-0.05, 0) is 12.1 Å². The maximum Gasteiger partial charge on any atom is 0.339 e. The number of nitrogens with one attached hydrogen (secondary N) is 1. The molecule has 0 saturated carbocycles.